The number of hydrogen-bond acceptors (Lipinski definition) is 2. The normalized spacial score (nSPS) is 12.8. The van der Waals surface area contributed by atoms with Crippen molar-refractivity contribution >= 4 is 21.7 Å². The molecule has 1 aromatic heterocycles. The summed E-state index contributed by atoms with van der Waals surface area (Å²) in [4.78, 5) is 0. The van der Waals surface area contributed by atoms with Crippen LogP contribution >= 0.6 is 0 Å². The summed E-state index contributed by atoms with van der Waals surface area (Å²) in [6.45, 7) is 1.95. The maximum atomic E-state index is 13.6. The van der Waals surface area contributed by atoms with Gasteiger partial charge in [-0.05, 0) is 30.3 Å². The molecule has 0 amide bonds. The van der Waals surface area contributed by atoms with Crippen LogP contribution < -0.4 is 9.30 Å². The van der Waals surface area contributed by atoms with Crippen LogP contribution in [0.3, 0.4) is 0 Å². The van der Waals surface area contributed by atoms with Crippen molar-refractivity contribution < 1.29 is 18.8 Å². The lowest BCUT2D eigenvalue weighted by molar-refractivity contribution is -0.695. The van der Waals surface area contributed by atoms with Crippen LogP contribution in [0.25, 0.3) is 21.7 Å². The number of ether oxygens (including phenoxy) is 1. The first kappa shape index (κ1) is 13.8. The second kappa shape index (κ2) is 5.30. The Balaban J connectivity index is 2.43. The fourth-order valence-electron chi connectivity index (χ4n) is 2.64. The third-order valence-corrected chi connectivity index (χ3v) is 3.80. The summed E-state index contributed by atoms with van der Waals surface area (Å²) in [7, 11) is 1.62. The number of nitrogens with zero attached hydrogens (tertiary/aromatic N) is 1. The Morgan fingerprint density at radius 1 is 1.19 bits per heavy atom. The summed E-state index contributed by atoms with van der Waals surface area (Å²) in [5.74, 6) is 0.482. The lowest BCUT2D eigenvalue weighted by Crippen LogP contribution is -2.40. The smallest absolute Gasteiger partial charge is 0.213 e. The van der Waals surface area contributed by atoms with Crippen molar-refractivity contribution in [2.24, 2.45) is 0 Å². The van der Waals surface area contributed by atoms with E-state index in [0.717, 1.165) is 27.4 Å². The number of aliphatic hydroxyl groups excluding tert-OH is 1. The van der Waals surface area contributed by atoms with Crippen LogP contribution in [0.5, 0.6) is 5.75 Å². The number of pyridine rings is 1. The predicted octanol–water partition coefficient (Wildman–Crippen LogP) is 2.98. The number of aliphatic hydroxyl groups is 1. The molecule has 21 heavy (non-hydrogen) atoms. The molecule has 0 aliphatic rings. The largest absolute Gasteiger partial charge is 0.497 e. The van der Waals surface area contributed by atoms with Gasteiger partial charge in [-0.1, -0.05) is 0 Å². The molecule has 108 valence electrons. The average molecular weight is 286 g/mol. The van der Waals surface area contributed by atoms with Crippen molar-refractivity contribution in [1.29, 1.82) is 0 Å². The molecule has 0 saturated carbocycles. The summed E-state index contributed by atoms with van der Waals surface area (Å²) in [6.07, 6.45) is 1.97. The lowest BCUT2D eigenvalue weighted by Gasteiger charge is -2.10. The maximum Gasteiger partial charge on any atom is 0.213 e. The molecule has 1 N–H and O–H groups in total. The average Bonchev–Trinajstić information content (AvgIpc) is 2.52. The summed E-state index contributed by atoms with van der Waals surface area (Å²) >= 11 is 0. The van der Waals surface area contributed by atoms with Gasteiger partial charge < -0.3 is 9.84 Å². The molecule has 3 aromatic rings. The third-order valence-electron chi connectivity index (χ3n) is 3.80. The molecular weight excluding hydrogens is 269 g/mol. The Morgan fingerprint density at radius 2 is 2.00 bits per heavy atom. The number of aromatic nitrogens is 1. The van der Waals surface area contributed by atoms with Crippen molar-refractivity contribution in [3.05, 3.63) is 48.4 Å². The van der Waals surface area contributed by atoms with Crippen LogP contribution in [-0.4, -0.2) is 18.8 Å². The molecule has 0 saturated heterocycles. The number of benzene rings is 2. The second-order valence-electron chi connectivity index (χ2n) is 5.18. The summed E-state index contributed by atoms with van der Waals surface area (Å²) in [5, 5.41) is 12.2. The molecular formula is C17H17FNO2+. The van der Waals surface area contributed by atoms with Gasteiger partial charge in [0.1, 0.15) is 18.2 Å². The molecule has 1 heterocycles. The zero-order valence-electron chi connectivity index (χ0n) is 12.0. The van der Waals surface area contributed by atoms with E-state index in [1.807, 2.05) is 35.9 Å². The highest BCUT2D eigenvalue weighted by Gasteiger charge is 2.19. The Morgan fingerprint density at radius 3 is 2.71 bits per heavy atom. The van der Waals surface area contributed by atoms with Crippen LogP contribution in [0.4, 0.5) is 4.39 Å². The molecule has 3 rings (SSSR count). The quantitative estimate of drug-likeness (QED) is 0.593. The highest BCUT2D eigenvalue weighted by molar-refractivity contribution is 6.04. The number of fused-ring (bicyclic) bond motifs is 3. The van der Waals surface area contributed by atoms with E-state index in [-0.39, 0.29) is 18.5 Å². The van der Waals surface area contributed by atoms with E-state index in [0.29, 0.717) is 0 Å². The third kappa shape index (κ3) is 2.32. The van der Waals surface area contributed by atoms with Crippen LogP contribution in [0.15, 0.2) is 42.6 Å². The van der Waals surface area contributed by atoms with Gasteiger partial charge in [-0.2, -0.15) is 4.57 Å². The van der Waals surface area contributed by atoms with Gasteiger partial charge in [0.05, 0.1) is 17.9 Å². The Kier molecular flexibility index (Phi) is 3.47. The highest BCUT2D eigenvalue weighted by atomic mass is 19.1. The van der Waals surface area contributed by atoms with Gasteiger partial charge in [0, 0.05) is 18.4 Å². The first-order valence-electron chi connectivity index (χ1n) is 6.86. The minimum atomic E-state index is -0.269. The molecule has 0 radical (unpaired) electrons. The van der Waals surface area contributed by atoms with Gasteiger partial charge in [-0.25, -0.2) is 4.39 Å². The summed E-state index contributed by atoms with van der Waals surface area (Å²) < 4.78 is 20.9. The fraction of sp³-hybridized carbons (Fsp3) is 0.235. The summed E-state index contributed by atoms with van der Waals surface area (Å²) in [6, 6.07) is 10.4. The van der Waals surface area contributed by atoms with Crippen LogP contribution in [0.1, 0.15) is 13.0 Å². The van der Waals surface area contributed by atoms with E-state index in [4.69, 9.17) is 4.74 Å². The van der Waals surface area contributed by atoms with Gasteiger partial charge in [-0.15, -0.1) is 0 Å². The zero-order valence-corrected chi connectivity index (χ0v) is 12.0. The summed E-state index contributed by atoms with van der Waals surface area (Å²) in [5.41, 5.74) is 0.899. The van der Waals surface area contributed by atoms with Gasteiger partial charge >= 0.3 is 0 Å². The van der Waals surface area contributed by atoms with Crippen molar-refractivity contribution in [3.63, 3.8) is 0 Å². The molecule has 1 atom stereocenters. The first-order chi connectivity index (χ1) is 10.1. The minimum absolute atomic E-state index is 0.0205. The molecule has 0 spiro atoms. The van der Waals surface area contributed by atoms with E-state index < -0.39 is 0 Å². The van der Waals surface area contributed by atoms with E-state index in [9.17, 15) is 9.50 Å². The molecule has 0 aliphatic heterocycles. The van der Waals surface area contributed by atoms with Crippen LogP contribution in [0, 0.1) is 5.82 Å². The van der Waals surface area contributed by atoms with Crippen molar-refractivity contribution in [2.75, 3.05) is 13.7 Å². The molecule has 0 fully saturated rings. The SMILES string of the molecule is COc1ccc2c(c1)c[n+](C(C)CO)c1ccc(F)cc21. The number of rotatable bonds is 3. The fourth-order valence-corrected chi connectivity index (χ4v) is 2.64. The van der Waals surface area contributed by atoms with Crippen LogP contribution in [-0.2, 0) is 0 Å². The molecule has 2 aromatic carbocycles. The molecule has 1 unspecified atom stereocenters. The van der Waals surface area contributed by atoms with Crippen molar-refractivity contribution in [3.8, 4) is 5.75 Å². The van der Waals surface area contributed by atoms with Crippen LogP contribution in [0.2, 0.25) is 0 Å². The predicted molar refractivity (Wildman–Crippen MR) is 80.0 cm³/mol. The molecule has 0 bridgehead atoms. The highest BCUT2D eigenvalue weighted by Crippen LogP contribution is 2.27. The van der Waals surface area contributed by atoms with E-state index in [1.54, 1.807) is 13.2 Å². The van der Waals surface area contributed by atoms with Crippen molar-refractivity contribution in [2.45, 2.75) is 13.0 Å². The molecule has 0 aliphatic carbocycles. The lowest BCUT2D eigenvalue weighted by atomic mass is 10.0. The second-order valence-corrected chi connectivity index (χ2v) is 5.18. The minimum Gasteiger partial charge on any atom is -0.497 e. The Bertz CT molecular complexity index is 817. The van der Waals surface area contributed by atoms with Crippen molar-refractivity contribution in [1.82, 2.24) is 0 Å². The Labute approximate surface area is 122 Å². The standard InChI is InChI=1S/C17H17FNO2/c1-11(10-20)19-9-12-7-14(21-2)4-5-15(12)16-8-13(18)3-6-17(16)19/h3-9,11,20H,10H2,1-2H3/q+1. The molecule has 3 nitrogen and oxygen atoms in total. The van der Waals surface area contributed by atoms with Gasteiger partial charge in [0.15, 0.2) is 12.2 Å². The number of hydrogen-bond donors (Lipinski definition) is 1. The monoisotopic (exact) mass is 286 g/mol. The first-order valence-corrected chi connectivity index (χ1v) is 6.86. The van der Waals surface area contributed by atoms with Gasteiger partial charge in [0.2, 0.25) is 5.52 Å². The van der Waals surface area contributed by atoms with Gasteiger partial charge in [0.25, 0.3) is 0 Å². The number of methoxy groups -OCH3 is 1. The zero-order chi connectivity index (χ0) is 15.0. The van der Waals surface area contributed by atoms with E-state index in [1.165, 1.54) is 12.1 Å². The maximum absolute atomic E-state index is 13.6. The topological polar surface area (TPSA) is 33.3 Å². The van der Waals surface area contributed by atoms with Gasteiger partial charge in [-0.3, -0.25) is 0 Å². The van der Waals surface area contributed by atoms with E-state index >= 15 is 0 Å². The Hall–Kier alpha value is -2.20. The van der Waals surface area contributed by atoms with E-state index in [2.05, 4.69) is 0 Å². The molecule has 4 heteroatoms. The number of halogens is 1.